The molecule has 0 spiro atoms. The fourth-order valence-corrected chi connectivity index (χ4v) is 2.24. The van der Waals surface area contributed by atoms with E-state index in [4.69, 9.17) is 0 Å². The lowest BCUT2D eigenvalue weighted by Crippen LogP contribution is -2.54. The highest BCUT2D eigenvalue weighted by molar-refractivity contribution is 5.76. The Labute approximate surface area is 90.8 Å². The lowest BCUT2D eigenvalue weighted by atomic mass is 10.2. The fraction of sp³-hybridized carbons (Fsp3) is 0.900. The number of likely N-dealkylation sites (N-methyl/N-ethyl adjacent to an activating group) is 1. The zero-order chi connectivity index (χ0) is 10.8. The van der Waals surface area contributed by atoms with Crippen molar-refractivity contribution in [3.05, 3.63) is 0 Å². The quantitative estimate of drug-likeness (QED) is 0.636. The number of hydrogen-bond acceptors (Lipinski definition) is 3. The van der Waals surface area contributed by atoms with Crippen LogP contribution in [0.2, 0.25) is 0 Å². The van der Waals surface area contributed by atoms with Gasteiger partial charge in [-0.1, -0.05) is 0 Å². The van der Waals surface area contributed by atoms with Crippen molar-refractivity contribution in [3.63, 3.8) is 0 Å². The molecular weight excluding hydrogens is 192 g/mol. The maximum Gasteiger partial charge on any atom is 0.317 e. The summed E-state index contributed by atoms with van der Waals surface area (Å²) < 4.78 is 0. The number of carbonyl (C=O) groups excluding carboxylic acids is 1. The minimum Gasteiger partial charge on any atom is -0.334 e. The van der Waals surface area contributed by atoms with Crippen molar-refractivity contribution in [2.24, 2.45) is 0 Å². The lowest BCUT2D eigenvalue weighted by molar-refractivity contribution is 0.154. The first-order chi connectivity index (χ1) is 7.16. The number of hydrogen-bond donors (Lipinski definition) is 2. The Kier molecular flexibility index (Phi) is 3.11. The van der Waals surface area contributed by atoms with Crippen molar-refractivity contribution in [2.75, 3.05) is 39.8 Å². The predicted octanol–water partition coefficient (Wildman–Crippen LogP) is -0.696. The first kappa shape index (κ1) is 10.7. The van der Waals surface area contributed by atoms with Gasteiger partial charge in [0.25, 0.3) is 0 Å². The van der Waals surface area contributed by atoms with Gasteiger partial charge in [0.2, 0.25) is 0 Å². The molecule has 0 aromatic heterocycles. The third kappa shape index (κ3) is 2.41. The second-order valence-electron chi connectivity index (χ2n) is 4.59. The van der Waals surface area contributed by atoms with Crippen LogP contribution in [0, 0.1) is 0 Å². The van der Waals surface area contributed by atoms with Crippen LogP contribution in [0.25, 0.3) is 0 Å². The molecule has 5 heteroatoms. The van der Waals surface area contributed by atoms with Crippen molar-refractivity contribution in [1.29, 1.82) is 0 Å². The summed E-state index contributed by atoms with van der Waals surface area (Å²) in [6.45, 7) is 6.81. The molecule has 2 N–H and O–H groups in total. The highest BCUT2D eigenvalue weighted by atomic mass is 16.2. The monoisotopic (exact) mass is 212 g/mol. The summed E-state index contributed by atoms with van der Waals surface area (Å²) >= 11 is 0. The normalized spacial score (nSPS) is 33.2. The van der Waals surface area contributed by atoms with E-state index in [1.807, 2.05) is 11.8 Å². The van der Waals surface area contributed by atoms with Gasteiger partial charge < -0.3 is 15.5 Å². The van der Waals surface area contributed by atoms with Crippen LogP contribution in [0.1, 0.15) is 6.92 Å². The number of nitrogens with one attached hydrogen (secondary N) is 2. The van der Waals surface area contributed by atoms with E-state index in [0.717, 1.165) is 32.7 Å². The minimum absolute atomic E-state index is 0.0847. The van der Waals surface area contributed by atoms with Gasteiger partial charge in [-0.15, -0.1) is 0 Å². The van der Waals surface area contributed by atoms with Crippen LogP contribution >= 0.6 is 0 Å². The predicted molar refractivity (Wildman–Crippen MR) is 58.9 cm³/mol. The summed E-state index contributed by atoms with van der Waals surface area (Å²) in [4.78, 5) is 15.8. The Bertz CT molecular complexity index is 246. The standard InChI is InChI=1S/C10H20N4O/c1-8-6-14(10(15)12-8)7-9-5-11-3-4-13(9)2/h8-9,11H,3-7H2,1-2H3,(H,12,15). The molecule has 0 aliphatic carbocycles. The van der Waals surface area contributed by atoms with E-state index in [1.165, 1.54) is 0 Å². The van der Waals surface area contributed by atoms with E-state index in [9.17, 15) is 4.79 Å². The van der Waals surface area contributed by atoms with Crippen LogP contribution in [0.5, 0.6) is 0 Å². The molecule has 2 rings (SSSR count). The number of amides is 2. The summed E-state index contributed by atoms with van der Waals surface area (Å²) in [5.74, 6) is 0. The molecule has 2 fully saturated rings. The second-order valence-corrected chi connectivity index (χ2v) is 4.59. The largest absolute Gasteiger partial charge is 0.334 e. The highest BCUT2D eigenvalue weighted by Gasteiger charge is 2.29. The van der Waals surface area contributed by atoms with Gasteiger partial charge >= 0.3 is 6.03 Å². The molecule has 2 atom stereocenters. The van der Waals surface area contributed by atoms with Crippen LogP contribution < -0.4 is 10.6 Å². The number of nitrogens with zero attached hydrogens (tertiary/aromatic N) is 2. The van der Waals surface area contributed by atoms with Crippen molar-refractivity contribution >= 4 is 6.03 Å². The molecule has 5 nitrogen and oxygen atoms in total. The van der Waals surface area contributed by atoms with E-state index >= 15 is 0 Å². The summed E-state index contributed by atoms with van der Waals surface area (Å²) in [6, 6.07) is 0.829. The Hall–Kier alpha value is -0.810. The first-order valence-corrected chi connectivity index (χ1v) is 5.63. The zero-order valence-corrected chi connectivity index (χ0v) is 9.49. The van der Waals surface area contributed by atoms with Crippen molar-refractivity contribution in [2.45, 2.75) is 19.0 Å². The molecule has 15 heavy (non-hydrogen) atoms. The third-order valence-electron chi connectivity index (χ3n) is 3.23. The first-order valence-electron chi connectivity index (χ1n) is 5.63. The molecule has 2 unspecified atom stereocenters. The Morgan fingerprint density at radius 1 is 1.53 bits per heavy atom. The average molecular weight is 212 g/mol. The van der Waals surface area contributed by atoms with Gasteiger partial charge in [0.1, 0.15) is 0 Å². The van der Waals surface area contributed by atoms with E-state index in [0.29, 0.717) is 12.1 Å². The summed E-state index contributed by atoms with van der Waals surface area (Å²) in [5, 5.41) is 6.28. The molecule has 2 aliphatic rings. The lowest BCUT2D eigenvalue weighted by Gasteiger charge is -2.35. The second kappa shape index (κ2) is 4.37. The average Bonchev–Trinajstić information content (AvgIpc) is 2.49. The van der Waals surface area contributed by atoms with Crippen LogP contribution in [0.15, 0.2) is 0 Å². The minimum atomic E-state index is 0.0847. The topological polar surface area (TPSA) is 47.6 Å². The van der Waals surface area contributed by atoms with Gasteiger partial charge in [0.15, 0.2) is 0 Å². The van der Waals surface area contributed by atoms with Gasteiger partial charge in [-0.25, -0.2) is 4.79 Å². The van der Waals surface area contributed by atoms with Gasteiger partial charge in [-0.3, -0.25) is 4.90 Å². The SMILES string of the molecule is CC1CN(CC2CNCCN2C)C(=O)N1. The molecule has 2 amide bonds. The fourth-order valence-electron chi connectivity index (χ4n) is 2.24. The van der Waals surface area contributed by atoms with Gasteiger partial charge in [0, 0.05) is 44.8 Å². The number of urea groups is 1. The summed E-state index contributed by atoms with van der Waals surface area (Å²) in [5.41, 5.74) is 0. The molecule has 2 heterocycles. The Balaban J connectivity index is 1.87. The van der Waals surface area contributed by atoms with E-state index in [-0.39, 0.29) is 6.03 Å². The van der Waals surface area contributed by atoms with E-state index in [1.54, 1.807) is 0 Å². The molecule has 0 saturated carbocycles. The highest BCUT2D eigenvalue weighted by Crippen LogP contribution is 2.08. The number of piperazine rings is 1. The molecule has 0 aromatic carbocycles. The molecule has 0 radical (unpaired) electrons. The molecule has 0 aromatic rings. The number of carbonyl (C=O) groups is 1. The zero-order valence-electron chi connectivity index (χ0n) is 9.49. The maximum atomic E-state index is 11.5. The summed E-state index contributed by atoms with van der Waals surface area (Å²) in [6.07, 6.45) is 0. The van der Waals surface area contributed by atoms with Crippen LogP contribution in [-0.4, -0.2) is 67.7 Å². The van der Waals surface area contributed by atoms with Crippen LogP contribution in [-0.2, 0) is 0 Å². The van der Waals surface area contributed by atoms with Gasteiger partial charge in [-0.05, 0) is 14.0 Å². The molecular formula is C10H20N4O. The van der Waals surface area contributed by atoms with Gasteiger partial charge in [0.05, 0.1) is 0 Å². The van der Waals surface area contributed by atoms with Crippen LogP contribution in [0.3, 0.4) is 0 Å². The molecule has 86 valence electrons. The summed E-state index contributed by atoms with van der Waals surface area (Å²) in [7, 11) is 2.13. The Morgan fingerprint density at radius 3 is 2.93 bits per heavy atom. The van der Waals surface area contributed by atoms with E-state index < -0.39 is 0 Å². The van der Waals surface area contributed by atoms with Crippen molar-refractivity contribution < 1.29 is 4.79 Å². The van der Waals surface area contributed by atoms with Gasteiger partial charge in [-0.2, -0.15) is 0 Å². The van der Waals surface area contributed by atoms with Crippen LogP contribution in [0.4, 0.5) is 4.79 Å². The molecule has 2 aliphatic heterocycles. The number of rotatable bonds is 2. The maximum absolute atomic E-state index is 11.5. The molecule has 2 saturated heterocycles. The van der Waals surface area contributed by atoms with Crippen molar-refractivity contribution in [1.82, 2.24) is 20.4 Å². The van der Waals surface area contributed by atoms with Crippen molar-refractivity contribution in [3.8, 4) is 0 Å². The van der Waals surface area contributed by atoms with E-state index in [2.05, 4.69) is 22.6 Å². The third-order valence-corrected chi connectivity index (χ3v) is 3.23. The Morgan fingerprint density at radius 2 is 2.33 bits per heavy atom. The molecule has 0 bridgehead atoms. The smallest absolute Gasteiger partial charge is 0.317 e.